The molecule has 3 atom stereocenters. The van der Waals surface area contributed by atoms with Crippen molar-refractivity contribution in [2.24, 2.45) is 5.11 Å². The lowest BCUT2D eigenvalue weighted by molar-refractivity contribution is -0.146. The van der Waals surface area contributed by atoms with Crippen LogP contribution in [-0.2, 0) is 14.3 Å². The minimum Gasteiger partial charge on any atom is -0.463 e. The summed E-state index contributed by atoms with van der Waals surface area (Å²) in [5, 5.41) is 3.59. The Bertz CT molecular complexity index is 737. The molecule has 10 nitrogen and oxygen atoms in total. The van der Waals surface area contributed by atoms with Crippen molar-refractivity contribution >= 4 is 21.9 Å². The van der Waals surface area contributed by atoms with Crippen molar-refractivity contribution in [2.75, 3.05) is 6.61 Å². The number of nitrogens with zero attached hydrogens (tertiary/aromatic N) is 4. The van der Waals surface area contributed by atoms with Gasteiger partial charge >= 0.3 is 11.7 Å². The van der Waals surface area contributed by atoms with Crippen LogP contribution in [0.15, 0.2) is 25.4 Å². The van der Waals surface area contributed by atoms with Crippen LogP contribution in [0.4, 0.5) is 0 Å². The summed E-state index contributed by atoms with van der Waals surface area (Å²) in [5.74, 6) is -0.490. The van der Waals surface area contributed by atoms with Crippen molar-refractivity contribution in [3.63, 3.8) is 0 Å². The van der Waals surface area contributed by atoms with E-state index in [1.165, 1.54) is 17.7 Å². The summed E-state index contributed by atoms with van der Waals surface area (Å²) < 4.78 is 11.8. The molecule has 1 aromatic rings. The van der Waals surface area contributed by atoms with E-state index in [9.17, 15) is 14.4 Å². The van der Waals surface area contributed by atoms with Gasteiger partial charge in [0.1, 0.15) is 18.9 Å². The Kier molecular flexibility index (Phi) is 5.01. The third-order valence-corrected chi connectivity index (χ3v) is 3.65. The topological polar surface area (TPSA) is 139 Å². The second-order valence-corrected chi connectivity index (χ2v) is 5.44. The minimum absolute atomic E-state index is 0.0885. The molecule has 1 aliphatic rings. The van der Waals surface area contributed by atoms with Crippen LogP contribution >= 0.6 is 15.9 Å². The molecule has 0 spiro atoms. The molecule has 1 N–H and O–H groups in total. The first kappa shape index (κ1) is 16.3. The summed E-state index contributed by atoms with van der Waals surface area (Å²) in [6.45, 7) is 1.16. The van der Waals surface area contributed by atoms with E-state index in [2.05, 4.69) is 30.9 Å². The van der Waals surface area contributed by atoms with Gasteiger partial charge in [0, 0.05) is 24.5 Å². The molecule has 0 radical (unpaired) electrons. The number of rotatable bonds is 4. The Labute approximate surface area is 131 Å². The summed E-state index contributed by atoms with van der Waals surface area (Å²) in [6.07, 6.45) is 0.112. The molecule has 1 fully saturated rings. The standard InChI is InChI=1S/C11H12BrN5O5/c1-5(18)21-4-8-7(15-16-13)2-9(22-8)17-3-6(12)10(19)14-11(17)20/h3,7-9H,2,4H2,1H3,(H,14,19,20). The highest BCUT2D eigenvalue weighted by Gasteiger charge is 2.37. The molecular formula is C11H12BrN5O5. The number of aromatic amines is 1. The van der Waals surface area contributed by atoms with E-state index in [-0.39, 0.29) is 17.5 Å². The average Bonchev–Trinajstić information content (AvgIpc) is 2.84. The van der Waals surface area contributed by atoms with Gasteiger partial charge in [-0.15, -0.1) is 0 Å². The minimum atomic E-state index is -0.739. The molecule has 1 saturated heterocycles. The maximum Gasteiger partial charge on any atom is 0.330 e. The highest BCUT2D eigenvalue weighted by Crippen LogP contribution is 2.30. The van der Waals surface area contributed by atoms with E-state index >= 15 is 0 Å². The smallest absolute Gasteiger partial charge is 0.330 e. The third-order valence-electron chi connectivity index (χ3n) is 3.09. The number of hydrogen-bond donors (Lipinski definition) is 1. The molecule has 3 unspecified atom stereocenters. The molecule has 2 rings (SSSR count). The van der Waals surface area contributed by atoms with Crippen LogP contribution in [0, 0.1) is 0 Å². The number of azide groups is 1. The van der Waals surface area contributed by atoms with Gasteiger partial charge in [-0.1, -0.05) is 5.11 Å². The molecule has 0 bridgehead atoms. The second-order valence-electron chi connectivity index (χ2n) is 4.58. The largest absolute Gasteiger partial charge is 0.463 e. The van der Waals surface area contributed by atoms with Crippen molar-refractivity contribution in [3.05, 3.63) is 42.0 Å². The number of carbonyl (C=O) groups excluding carboxylic acids is 1. The maximum absolute atomic E-state index is 11.8. The van der Waals surface area contributed by atoms with Gasteiger partial charge in [0.15, 0.2) is 0 Å². The quantitative estimate of drug-likeness (QED) is 0.360. The highest BCUT2D eigenvalue weighted by molar-refractivity contribution is 9.10. The summed E-state index contributed by atoms with van der Waals surface area (Å²) in [4.78, 5) is 38.9. The van der Waals surface area contributed by atoms with Gasteiger partial charge < -0.3 is 9.47 Å². The molecule has 0 aromatic carbocycles. The van der Waals surface area contributed by atoms with Crippen LogP contribution in [0.5, 0.6) is 0 Å². The number of H-pyrrole nitrogens is 1. The number of esters is 1. The summed E-state index contributed by atoms with van der Waals surface area (Å²) in [6, 6.07) is -0.591. The zero-order valence-electron chi connectivity index (χ0n) is 11.4. The second kappa shape index (κ2) is 6.77. The van der Waals surface area contributed by atoms with Crippen molar-refractivity contribution in [2.45, 2.75) is 31.7 Å². The number of aromatic nitrogens is 2. The van der Waals surface area contributed by atoms with Gasteiger partial charge in [0.05, 0.1) is 10.5 Å². The third kappa shape index (κ3) is 3.56. The van der Waals surface area contributed by atoms with E-state index < -0.39 is 35.6 Å². The van der Waals surface area contributed by atoms with E-state index in [1.807, 2.05) is 0 Å². The lowest BCUT2D eigenvalue weighted by Gasteiger charge is -2.16. The fourth-order valence-electron chi connectivity index (χ4n) is 2.10. The lowest BCUT2D eigenvalue weighted by atomic mass is 10.1. The number of nitrogens with one attached hydrogen (secondary N) is 1. The number of hydrogen-bond acceptors (Lipinski definition) is 6. The van der Waals surface area contributed by atoms with Crippen LogP contribution < -0.4 is 11.2 Å². The number of halogens is 1. The molecule has 1 aromatic heterocycles. The van der Waals surface area contributed by atoms with E-state index in [4.69, 9.17) is 15.0 Å². The summed E-state index contributed by atoms with van der Waals surface area (Å²) in [5.41, 5.74) is 7.38. The van der Waals surface area contributed by atoms with E-state index in [1.54, 1.807) is 0 Å². The van der Waals surface area contributed by atoms with Gasteiger partial charge in [-0.05, 0) is 21.5 Å². The molecule has 0 saturated carbocycles. The number of carbonyl (C=O) groups is 1. The first-order valence-corrected chi connectivity index (χ1v) is 7.05. The Balaban J connectivity index is 2.25. The van der Waals surface area contributed by atoms with Crippen molar-refractivity contribution in [3.8, 4) is 0 Å². The Morgan fingerprint density at radius 1 is 1.68 bits per heavy atom. The fraction of sp³-hybridized carbons (Fsp3) is 0.545. The fourth-order valence-corrected chi connectivity index (χ4v) is 2.42. The van der Waals surface area contributed by atoms with E-state index in [0.717, 1.165) is 0 Å². The maximum atomic E-state index is 11.8. The SMILES string of the molecule is CC(=O)OCC1OC(n2cc(Br)c(=O)[nH]c2=O)CC1N=[N+]=[N-]. The van der Waals surface area contributed by atoms with Crippen molar-refractivity contribution in [1.29, 1.82) is 0 Å². The van der Waals surface area contributed by atoms with Gasteiger partial charge in [-0.25, -0.2) is 4.79 Å². The summed E-state index contributed by atoms with van der Waals surface area (Å²) in [7, 11) is 0. The molecule has 118 valence electrons. The zero-order valence-corrected chi connectivity index (χ0v) is 13.0. The van der Waals surface area contributed by atoms with Gasteiger partial charge in [0.2, 0.25) is 0 Å². The normalized spacial score (nSPS) is 23.8. The Hall–Kier alpha value is -2.10. The molecule has 0 aliphatic carbocycles. The molecule has 22 heavy (non-hydrogen) atoms. The predicted octanol–water partition coefficient (Wildman–Crippen LogP) is 0.829. The van der Waals surface area contributed by atoms with Crippen LogP contribution in [0.2, 0.25) is 0 Å². The molecule has 2 heterocycles. The monoisotopic (exact) mass is 373 g/mol. The van der Waals surface area contributed by atoms with Crippen LogP contribution in [-0.4, -0.2) is 34.3 Å². The van der Waals surface area contributed by atoms with Crippen LogP contribution in [0.25, 0.3) is 10.4 Å². The van der Waals surface area contributed by atoms with Crippen molar-refractivity contribution < 1.29 is 14.3 Å². The summed E-state index contributed by atoms with van der Waals surface area (Å²) >= 11 is 3.03. The van der Waals surface area contributed by atoms with Gasteiger partial charge in [0.25, 0.3) is 5.56 Å². The Morgan fingerprint density at radius 2 is 2.41 bits per heavy atom. The molecule has 11 heteroatoms. The molecule has 1 aliphatic heterocycles. The predicted molar refractivity (Wildman–Crippen MR) is 77.1 cm³/mol. The van der Waals surface area contributed by atoms with Crippen molar-refractivity contribution in [1.82, 2.24) is 9.55 Å². The number of ether oxygens (including phenoxy) is 2. The van der Waals surface area contributed by atoms with Crippen LogP contribution in [0.1, 0.15) is 19.6 Å². The molecular weight excluding hydrogens is 362 g/mol. The van der Waals surface area contributed by atoms with Gasteiger partial charge in [-0.2, -0.15) is 0 Å². The van der Waals surface area contributed by atoms with Gasteiger partial charge in [-0.3, -0.25) is 19.1 Å². The molecule has 0 amide bonds. The highest BCUT2D eigenvalue weighted by atomic mass is 79.9. The average molecular weight is 374 g/mol. The zero-order chi connectivity index (χ0) is 16.3. The van der Waals surface area contributed by atoms with Crippen LogP contribution in [0.3, 0.4) is 0 Å². The van der Waals surface area contributed by atoms with E-state index in [0.29, 0.717) is 0 Å². The first-order valence-electron chi connectivity index (χ1n) is 6.26. The lowest BCUT2D eigenvalue weighted by Crippen LogP contribution is -2.32. The Morgan fingerprint density at radius 3 is 3.05 bits per heavy atom. The first-order chi connectivity index (χ1) is 10.4.